The summed E-state index contributed by atoms with van der Waals surface area (Å²) in [5, 5.41) is 11.9. The minimum Gasteiger partial charge on any atom is -0.481 e. The van der Waals surface area contributed by atoms with Gasteiger partial charge >= 0.3 is 12.1 Å². The average Bonchev–Trinajstić information content (AvgIpc) is 3.15. The molecule has 3 aliphatic rings. The predicted octanol–water partition coefficient (Wildman–Crippen LogP) is 3.58. The van der Waals surface area contributed by atoms with E-state index in [2.05, 4.69) is 17.4 Å². The summed E-state index contributed by atoms with van der Waals surface area (Å²) in [6.07, 6.45) is -0.127. The van der Waals surface area contributed by atoms with E-state index in [9.17, 15) is 19.5 Å². The van der Waals surface area contributed by atoms with Gasteiger partial charge in [0.05, 0.1) is 6.42 Å². The lowest BCUT2D eigenvalue weighted by Crippen LogP contribution is -2.55. The number of likely N-dealkylation sites (tertiary alicyclic amines) is 1. The van der Waals surface area contributed by atoms with Crippen molar-refractivity contribution in [3.05, 3.63) is 59.7 Å². The van der Waals surface area contributed by atoms with Crippen LogP contribution in [0.3, 0.4) is 0 Å². The van der Waals surface area contributed by atoms with Crippen molar-refractivity contribution in [1.29, 1.82) is 0 Å². The van der Waals surface area contributed by atoms with Crippen LogP contribution in [0.5, 0.6) is 0 Å². The average molecular weight is 481 g/mol. The van der Waals surface area contributed by atoms with E-state index in [4.69, 9.17) is 4.74 Å². The van der Waals surface area contributed by atoms with Gasteiger partial charge in [-0.25, -0.2) is 4.79 Å². The van der Waals surface area contributed by atoms with Crippen LogP contribution in [0.25, 0.3) is 11.1 Å². The summed E-state index contributed by atoms with van der Waals surface area (Å²) in [7, 11) is 0. The van der Waals surface area contributed by atoms with E-state index in [1.165, 1.54) is 0 Å². The number of hydrogen-bond donors (Lipinski definition) is 2. The van der Waals surface area contributed by atoms with E-state index in [1.807, 2.05) is 48.2 Å². The Morgan fingerprint density at radius 3 is 2.18 bits per heavy atom. The molecule has 2 aromatic rings. The van der Waals surface area contributed by atoms with Crippen LogP contribution in [0.4, 0.5) is 4.79 Å². The molecule has 178 valence electrons. The highest BCUT2D eigenvalue weighted by atomic mass is 32.2. The first-order valence-corrected chi connectivity index (χ1v) is 12.8. The molecule has 2 aliphatic heterocycles. The number of piperidine rings is 1. The number of ether oxygens (including phenoxy) is 1. The molecule has 2 fully saturated rings. The minimum atomic E-state index is -1.14. The number of carbonyl (C=O) groups excluding carboxylic acids is 2. The van der Waals surface area contributed by atoms with Gasteiger partial charge in [0, 0.05) is 19.0 Å². The van der Waals surface area contributed by atoms with Crippen molar-refractivity contribution in [3.8, 4) is 11.1 Å². The first kappa shape index (κ1) is 22.8. The third-order valence-electron chi connectivity index (χ3n) is 6.96. The third kappa shape index (κ3) is 4.64. The van der Waals surface area contributed by atoms with Gasteiger partial charge in [0.2, 0.25) is 5.91 Å². The largest absolute Gasteiger partial charge is 0.481 e. The van der Waals surface area contributed by atoms with E-state index in [1.54, 1.807) is 4.90 Å². The number of carbonyl (C=O) groups is 3. The van der Waals surface area contributed by atoms with Crippen molar-refractivity contribution in [3.63, 3.8) is 0 Å². The number of hydrogen-bond acceptors (Lipinski definition) is 5. The van der Waals surface area contributed by atoms with Crippen LogP contribution < -0.4 is 5.32 Å². The molecular formula is C26H28N2O5S. The molecule has 8 heteroatoms. The van der Waals surface area contributed by atoms with Gasteiger partial charge in [0.15, 0.2) is 0 Å². The Balaban J connectivity index is 1.25. The lowest BCUT2D eigenvalue weighted by atomic mass is 9.90. The van der Waals surface area contributed by atoms with Crippen molar-refractivity contribution in [2.75, 3.05) is 31.2 Å². The van der Waals surface area contributed by atoms with Gasteiger partial charge in [-0.1, -0.05) is 48.5 Å². The van der Waals surface area contributed by atoms with Gasteiger partial charge < -0.3 is 20.1 Å². The lowest BCUT2D eigenvalue weighted by molar-refractivity contribution is -0.143. The zero-order valence-electron chi connectivity index (χ0n) is 18.8. The quantitative estimate of drug-likeness (QED) is 0.656. The molecule has 3 atom stereocenters. The monoisotopic (exact) mass is 480 g/mol. The molecule has 34 heavy (non-hydrogen) atoms. The summed E-state index contributed by atoms with van der Waals surface area (Å²) in [6.45, 7) is 1.34. The van der Waals surface area contributed by atoms with Gasteiger partial charge in [-0.2, -0.15) is 11.8 Å². The number of nitrogens with zero attached hydrogens (tertiary/aromatic N) is 1. The standard InChI is InChI=1S/C26H28N2O5S/c29-24(30)10-23(25(31)28-11-16-9-17(12-28)15-34-14-16)27-26(32)33-13-22-20-7-3-1-5-18(20)19-6-2-4-8-21(19)22/h1-8,16-17,22-23H,9-15H2,(H,27,32)(H,29,30). The number of amides is 2. The number of rotatable bonds is 6. The molecule has 7 nitrogen and oxygen atoms in total. The molecular weight excluding hydrogens is 452 g/mol. The number of fused-ring (bicyclic) bond motifs is 5. The molecule has 0 saturated carbocycles. The lowest BCUT2D eigenvalue weighted by Gasteiger charge is -2.42. The van der Waals surface area contributed by atoms with E-state index in [0.717, 1.165) is 40.2 Å². The van der Waals surface area contributed by atoms with Crippen LogP contribution in [-0.4, -0.2) is 65.2 Å². The van der Waals surface area contributed by atoms with E-state index in [-0.39, 0.29) is 18.4 Å². The van der Waals surface area contributed by atoms with Crippen molar-refractivity contribution < 1.29 is 24.2 Å². The zero-order chi connectivity index (χ0) is 23.7. The first-order chi connectivity index (χ1) is 16.5. The molecule has 0 spiro atoms. The van der Waals surface area contributed by atoms with E-state index >= 15 is 0 Å². The van der Waals surface area contributed by atoms with Gasteiger partial charge in [-0.3, -0.25) is 9.59 Å². The summed E-state index contributed by atoms with van der Waals surface area (Å²) in [4.78, 5) is 39.1. The molecule has 2 amide bonds. The smallest absolute Gasteiger partial charge is 0.407 e. The number of thioether (sulfide) groups is 1. The Hall–Kier alpha value is -3.00. The van der Waals surface area contributed by atoms with Gasteiger partial charge in [-0.05, 0) is 52.0 Å². The maximum Gasteiger partial charge on any atom is 0.407 e. The second-order valence-corrected chi connectivity index (χ2v) is 10.4. The topological polar surface area (TPSA) is 95.9 Å². The molecule has 1 aliphatic carbocycles. The Morgan fingerprint density at radius 2 is 1.59 bits per heavy atom. The van der Waals surface area contributed by atoms with E-state index < -0.39 is 24.5 Å². The molecule has 3 unspecified atom stereocenters. The Morgan fingerprint density at radius 1 is 1.00 bits per heavy atom. The highest BCUT2D eigenvalue weighted by Gasteiger charge is 2.37. The second kappa shape index (κ2) is 9.70. The summed E-state index contributed by atoms with van der Waals surface area (Å²) in [5.74, 6) is 1.32. The predicted molar refractivity (Wildman–Crippen MR) is 130 cm³/mol. The molecule has 0 radical (unpaired) electrons. The normalized spacial score (nSPS) is 21.8. The summed E-state index contributed by atoms with van der Waals surface area (Å²) >= 11 is 1.92. The zero-order valence-corrected chi connectivity index (χ0v) is 19.6. The van der Waals surface area contributed by atoms with Crippen molar-refractivity contribution in [2.24, 2.45) is 11.8 Å². The summed E-state index contributed by atoms with van der Waals surface area (Å²) in [6, 6.07) is 14.9. The Kier molecular flexibility index (Phi) is 6.50. The first-order valence-electron chi connectivity index (χ1n) is 11.7. The van der Waals surface area contributed by atoms with Gasteiger partial charge in [-0.15, -0.1) is 0 Å². The number of carboxylic acid groups (broad SMARTS) is 1. The van der Waals surface area contributed by atoms with Gasteiger partial charge in [0.25, 0.3) is 0 Å². The van der Waals surface area contributed by atoms with E-state index in [0.29, 0.717) is 24.9 Å². The number of carboxylic acids is 1. The number of alkyl carbamates (subject to hydrolysis) is 1. The molecule has 2 saturated heterocycles. The summed E-state index contributed by atoms with van der Waals surface area (Å²) in [5.41, 5.74) is 4.43. The van der Waals surface area contributed by atoms with Crippen LogP contribution >= 0.6 is 11.8 Å². The molecule has 2 heterocycles. The molecule has 5 rings (SSSR count). The van der Waals surface area contributed by atoms with Gasteiger partial charge in [0.1, 0.15) is 12.6 Å². The number of nitrogens with one attached hydrogen (secondary N) is 1. The fraction of sp³-hybridized carbons (Fsp3) is 0.423. The molecule has 2 aromatic carbocycles. The maximum atomic E-state index is 13.2. The van der Waals surface area contributed by atoms with Crippen molar-refractivity contribution in [2.45, 2.75) is 24.8 Å². The Bertz CT molecular complexity index is 1050. The highest BCUT2D eigenvalue weighted by Crippen LogP contribution is 2.44. The van der Waals surface area contributed by atoms with Crippen LogP contribution in [0.2, 0.25) is 0 Å². The molecule has 0 aromatic heterocycles. The summed E-state index contributed by atoms with van der Waals surface area (Å²) < 4.78 is 5.55. The fourth-order valence-electron chi connectivity index (χ4n) is 5.52. The highest BCUT2D eigenvalue weighted by molar-refractivity contribution is 7.99. The molecule has 2 N–H and O–H groups in total. The molecule has 2 bridgehead atoms. The van der Waals surface area contributed by atoms with Crippen molar-refractivity contribution >= 4 is 29.7 Å². The van der Waals surface area contributed by atoms with Crippen molar-refractivity contribution in [1.82, 2.24) is 10.2 Å². The second-order valence-electron chi connectivity index (χ2n) is 9.37. The SMILES string of the molecule is O=C(O)CC(NC(=O)OCC1c2ccccc2-c2ccccc21)C(=O)N1CC2CSCC(C2)C1. The number of aliphatic carboxylic acids is 1. The Labute approximate surface area is 202 Å². The fourth-order valence-corrected chi connectivity index (χ4v) is 6.80. The minimum absolute atomic E-state index is 0.106. The van der Waals surface area contributed by atoms with Crippen LogP contribution in [0.1, 0.15) is 29.9 Å². The van der Waals surface area contributed by atoms with Crippen LogP contribution in [-0.2, 0) is 14.3 Å². The number of benzene rings is 2. The third-order valence-corrected chi connectivity index (χ3v) is 8.37. The van der Waals surface area contributed by atoms with Crippen LogP contribution in [0.15, 0.2) is 48.5 Å². The van der Waals surface area contributed by atoms with Crippen LogP contribution in [0, 0.1) is 11.8 Å². The maximum absolute atomic E-state index is 13.2.